The molecule has 0 aliphatic carbocycles. The van der Waals surface area contributed by atoms with Gasteiger partial charge in [-0.1, -0.05) is 12.1 Å². The Hall–Kier alpha value is -1.71. The lowest BCUT2D eigenvalue weighted by molar-refractivity contribution is -0.143. The summed E-state index contributed by atoms with van der Waals surface area (Å²) in [7, 11) is 0. The van der Waals surface area contributed by atoms with Crippen molar-refractivity contribution in [3.8, 4) is 5.75 Å². The number of rotatable bonds is 8. The number of carbonyl (C=O) groups is 1. The van der Waals surface area contributed by atoms with E-state index < -0.39 is 0 Å². The molecule has 21 heavy (non-hydrogen) atoms. The maximum Gasteiger partial charge on any atom is 0.305 e. The van der Waals surface area contributed by atoms with Crippen LogP contribution in [0.1, 0.15) is 44.6 Å². The molecule has 1 heterocycles. The van der Waals surface area contributed by atoms with Gasteiger partial charge in [-0.15, -0.1) is 0 Å². The lowest BCUT2D eigenvalue weighted by Gasteiger charge is -2.21. The second-order valence-electron chi connectivity index (χ2n) is 5.28. The van der Waals surface area contributed by atoms with E-state index >= 15 is 0 Å². The average Bonchev–Trinajstić information content (AvgIpc) is 2.51. The summed E-state index contributed by atoms with van der Waals surface area (Å²) < 4.78 is 10.8. The quantitative estimate of drug-likeness (QED) is 0.588. The van der Waals surface area contributed by atoms with Crippen molar-refractivity contribution >= 4 is 11.7 Å². The molecule has 1 aliphatic heterocycles. The highest BCUT2D eigenvalue weighted by Crippen LogP contribution is 2.32. The summed E-state index contributed by atoms with van der Waals surface area (Å²) in [6.45, 7) is 4.02. The smallest absolute Gasteiger partial charge is 0.305 e. The van der Waals surface area contributed by atoms with E-state index in [0.29, 0.717) is 19.6 Å². The molecule has 116 valence electrons. The topological polar surface area (TPSA) is 47.6 Å². The Kier molecular flexibility index (Phi) is 6.38. The Morgan fingerprint density at radius 2 is 2.19 bits per heavy atom. The zero-order chi connectivity index (χ0) is 14.9. The monoisotopic (exact) mass is 291 g/mol. The fourth-order valence-corrected chi connectivity index (χ4v) is 2.56. The van der Waals surface area contributed by atoms with Crippen LogP contribution in [0.2, 0.25) is 0 Å². The fourth-order valence-electron chi connectivity index (χ4n) is 2.56. The molecule has 0 aromatic heterocycles. The van der Waals surface area contributed by atoms with Crippen LogP contribution in [0.25, 0.3) is 0 Å². The maximum absolute atomic E-state index is 11.2. The second kappa shape index (κ2) is 8.55. The molecule has 4 heteroatoms. The zero-order valence-electron chi connectivity index (χ0n) is 12.8. The largest absolute Gasteiger partial charge is 0.491 e. The van der Waals surface area contributed by atoms with Crippen LogP contribution in [0.3, 0.4) is 0 Å². The van der Waals surface area contributed by atoms with Gasteiger partial charge < -0.3 is 14.8 Å². The van der Waals surface area contributed by atoms with E-state index in [9.17, 15) is 4.79 Å². The van der Waals surface area contributed by atoms with Crippen molar-refractivity contribution in [1.29, 1.82) is 0 Å². The molecule has 0 amide bonds. The summed E-state index contributed by atoms with van der Waals surface area (Å²) >= 11 is 0. The van der Waals surface area contributed by atoms with Crippen LogP contribution >= 0.6 is 0 Å². The minimum absolute atomic E-state index is 0.0975. The molecule has 0 bridgehead atoms. The van der Waals surface area contributed by atoms with Crippen LogP contribution in [-0.4, -0.2) is 25.7 Å². The Morgan fingerprint density at radius 1 is 1.29 bits per heavy atom. The number of para-hydroxylation sites is 1. The van der Waals surface area contributed by atoms with E-state index in [-0.39, 0.29) is 5.97 Å². The normalized spacial score (nSPS) is 13.2. The molecule has 0 saturated heterocycles. The number of aryl methyl sites for hydroxylation is 1. The van der Waals surface area contributed by atoms with Crippen LogP contribution in [0.15, 0.2) is 18.2 Å². The molecule has 2 rings (SSSR count). The lowest BCUT2D eigenvalue weighted by Crippen LogP contribution is -2.13. The van der Waals surface area contributed by atoms with Gasteiger partial charge in [-0.2, -0.15) is 0 Å². The van der Waals surface area contributed by atoms with E-state index in [1.54, 1.807) is 0 Å². The number of fused-ring (bicyclic) bond motifs is 1. The van der Waals surface area contributed by atoms with Gasteiger partial charge in [0.1, 0.15) is 5.75 Å². The zero-order valence-corrected chi connectivity index (χ0v) is 12.8. The summed E-state index contributed by atoms with van der Waals surface area (Å²) in [6.07, 6.45) is 5.64. The van der Waals surface area contributed by atoms with Crippen molar-refractivity contribution < 1.29 is 14.3 Å². The van der Waals surface area contributed by atoms with E-state index in [1.807, 2.05) is 13.0 Å². The van der Waals surface area contributed by atoms with E-state index in [1.165, 1.54) is 12.0 Å². The number of hydrogen-bond acceptors (Lipinski definition) is 4. The van der Waals surface area contributed by atoms with E-state index in [2.05, 4.69) is 17.4 Å². The highest BCUT2D eigenvalue weighted by molar-refractivity contribution is 5.69. The van der Waals surface area contributed by atoms with Gasteiger partial charge in [-0.25, -0.2) is 0 Å². The fraction of sp³-hybridized carbons (Fsp3) is 0.588. The highest BCUT2D eigenvalue weighted by atomic mass is 16.5. The van der Waals surface area contributed by atoms with Gasteiger partial charge in [-0.3, -0.25) is 4.79 Å². The average molecular weight is 291 g/mol. The number of ether oxygens (including phenoxy) is 2. The van der Waals surface area contributed by atoms with Crippen molar-refractivity contribution in [3.63, 3.8) is 0 Å². The standard InChI is InChI=1S/C17H25NO3/c1-2-20-16(19)11-4-3-5-13-21-15-10-6-8-14-9-7-12-18-17(14)15/h6,8,10,18H,2-5,7,9,11-13H2,1H3. The summed E-state index contributed by atoms with van der Waals surface area (Å²) in [5, 5.41) is 3.43. The third kappa shape index (κ3) is 4.96. The predicted octanol–water partition coefficient (Wildman–Crippen LogP) is 3.55. The van der Waals surface area contributed by atoms with Crippen molar-refractivity contribution in [3.05, 3.63) is 23.8 Å². The van der Waals surface area contributed by atoms with Crippen molar-refractivity contribution in [1.82, 2.24) is 0 Å². The highest BCUT2D eigenvalue weighted by Gasteiger charge is 2.12. The first-order valence-electron chi connectivity index (χ1n) is 7.95. The third-order valence-electron chi connectivity index (χ3n) is 3.63. The van der Waals surface area contributed by atoms with Crippen molar-refractivity contribution in [2.24, 2.45) is 0 Å². The Bertz CT molecular complexity index is 459. The molecule has 0 unspecified atom stereocenters. The third-order valence-corrected chi connectivity index (χ3v) is 3.63. The van der Waals surface area contributed by atoms with Crippen molar-refractivity contribution in [2.75, 3.05) is 25.1 Å². The number of nitrogens with one attached hydrogen (secondary N) is 1. The molecule has 4 nitrogen and oxygen atoms in total. The molecular weight excluding hydrogens is 266 g/mol. The molecular formula is C17H25NO3. The molecule has 0 spiro atoms. The summed E-state index contributed by atoms with van der Waals surface area (Å²) in [5.41, 5.74) is 2.51. The van der Waals surface area contributed by atoms with Crippen LogP contribution in [-0.2, 0) is 16.0 Å². The van der Waals surface area contributed by atoms with Crippen LogP contribution in [0, 0.1) is 0 Å². The molecule has 0 atom stereocenters. The summed E-state index contributed by atoms with van der Waals surface area (Å²) in [6, 6.07) is 6.24. The first-order chi connectivity index (χ1) is 10.3. The first kappa shape index (κ1) is 15.7. The minimum Gasteiger partial charge on any atom is -0.491 e. The predicted molar refractivity (Wildman–Crippen MR) is 83.8 cm³/mol. The van der Waals surface area contributed by atoms with Gasteiger partial charge in [-0.05, 0) is 50.7 Å². The first-order valence-corrected chi connectivity index (χ1v) is 7.95. The maximum atomic E-state index is 11.2. The number of benzene rings is 1. The Labute approximate surface area is 126 Å². The van der Waals surface area contributed by atoms with Crippen LogP contribution in [0.4, 0.5) is 5.69 Å². The van der Waals surface area contributed by atoms with E-state index in [4.69, 9.17) is 9.47 Å². The van der Waals surface area contributed by atoms with Crippen LogP contribution < -0.4 is 10.1 Å². The van der Waals surface area contributed by atoms with Gasteiger partial charge >= 0.3 is 5.97 Å². The molecule has 0 saturated carbocycles. The summed E-state index contributed by atoms with van der Waals surface area (Å²) in [4.78, 5) is 11.2. The van der Waals surface area contributed by atoms with Crippen molar-refractivity contribution in [2.45, 2.75) is 45.4 Å². The number of hydrogen-bond donors (Lipinski definition) is 1. The molecule has 1 N–H and O–H groups in total. The number of carbonyl (C=O) groups excluding carboxylic acids is 1. The lowest BCUT2D eigenvalue weighted by atomic mass is 10.0. The molecule has 1 aromatic carbocycles. The molecule has 0 radical (unpaired) electrons. The number of unbranched alkanes of at least 4 members (excludes halogenated alkanes) is 2. The number of esters is 1. The Balaban J connectivity index is 1.66. The number of anilines is 1. The SMILES string of the molecule is CCOC(=O)CCCCCOc1cccc2c1NCCC2. The van der Waals surface area contributed by atoms with Gasteiger partial charge in [0.05, 0.1) is 18.9 Å². The molecule has 1 aromatic rings. The summed E-state index contributed by atoms with van der Waals surface area (Å²) in [5.74, 6) is 0.859. The van der Waals surface area contributed by atoms with E-state index in [0.717, 1.165) is 43.7 Å². The van der Waals surface area contributed by atoms with Crippen LogP contribution in [0.5, 0.6) is 5.75 Å². The van der Waals surface area contributed by atoms with Gasteiger partial charge in [0.25, 0.3) is 0 Å². The second-order valence-corrected chi connectivity index (χ2v) is 5.28. The minimum atomic E-state index is -0.0975. The Morgan fingerprint density at radius 3 is 3.05 bits per heavy atom. The van der Waals surface area contributed by atoms with Gasteiger partial charge in [0, 0.05) is 13.0 Å². The van der Waals surface area contributed by atoms with Gasteiger partial charge in [0.2, 0.25) is 0 Å². The molecule has 0 fully saturated rings. The molecule has 1 aliphatic rings. The van der Waals surface area contributed by atoms with Gasteiger partial charge in [0.15, 0.2) is 0 Å².